The molecule has 3 nitrogen and oxygen atoms in total. The fourth-order valence-corrected chi connectivity index (χ4v) is 2.11. The van der Waals surface area contributed by atoms with E-state index in [2.05, 4.69) is 28.9 Å². The molecule has 1 saturated heterocycles. The molecular formula is C12H19N3. The van der Waals surface area contributed by atoms with Crippen molar-refractivity contribution in [1.82, 2.24) is 4.98 Å². The van der Waals surface area contributed by atoms with E-state index in [1.165, 1.54) is 12.8 Å². The van der Waals surface area contributed by atoms with E-state index in [0.717, 1.165) is 17.9 Å². The van der Waals surface area contributed by atoms with Crippen LogP contribution in [0.15, 0.2) is 18.3 Å². The molecule has 1 aromatic heterocycles. The molecule has 0 radical (unpaired) electrons. The molecule has 1 fully saturated rings. The van der Waals surface area contributed by atoms with Crippen LogP contribution in [0.5, 0.6) is 0 Å². The highest BCUT2D eigenvalue weighted by Gasteiger charge is 2.21. The molecule has 1 aliphatic heterocycles. The van der Waals surface area contributed by atoms with Gasteiger partial charge in [-0.2, -0.15) is 0 Å². The molecule has 2 atom stereocenters. The normalized spacial score (nSPS) is 23.1. The van der Waals surface area contributed by atoms with Crippen molar-refractivity contribution in [3.63, 3.8) is 0 Å². The van der Waals surface area contributed by atoms with E-state index >= 15 is 0 Å². The van der Waals surface area contributed by atoms with Crippen molar-refractivity contribution in [3.05, 3.63) is 23.9 Å². The molecule has 1 aromatic rings. The number of nitrogens with zero attached hydrogens (tertiary/aromatic N) is 2. The molecule has 1 unspecified atom stereocenters. The van der Waals surface area contributed by atoms with Crippen LogP contribution in [0.4, 0.5) is 5.82 Å². The number of nitrogens with two attached hydrogens (primary N) is 1. The maximum Gasteiger partial charge on any atom is 0.128 e. The zero-order chi connectivity index (χ0) is 10.8. The van der Waals surface area contributed by atoms with E-state index in [0.29, 0.717) is 6.04 Å². The second-order valence-electron chi connectivity index (χ2n) is 4.42. The van der Waals surface area contributed by atoms with Crippen molar-refractivity contribution in [1.29, 1.82) is 0 Å². The predicted molar refractivity (Wildman–Crippen MR) is 62.9 cm³/mol. The van der Waals surface area contributed by atoms with Gasteiger partial charge >= 0.3 is 0 Å². The molecule has 3 heteroatoms. The van der Waals surface area contributed by atoms with E-state index in [-0.39, 0.29) is 6.04 Å². The quantitative estimate of drug-likeness (QED) is 0.804. The van der Waals surface area contributed by atoms with E-state index in [1.807, 2.05) is 13.1 Å². The third kappa shape index (κ3) is 2.12. The molecule has 0 aromatic carbocycles. The highest BCUT2D eigenvalue weighted by Crippen LogP contribution is 2.23. The van der Waals surface area contributed by atoms with Gasteiger partial charge in [-0.3, -0.25) is 0 Å². The van der Waals surface area contributed by atoms with Crippen LogP contribution in [0.25, 0.3) is 0 Å². The van der Waals surface area contributed by atoms with Gasteiger partial charge in [0, 0.05) is 24.8 Å². The van der Waals surface area contributed by atoms with Crippen molar-refractivity contribution in [2.75, 3.05) is 11.4 Å². The first kappa shape index (κ1) is 10.4. The van der Waals surface area contributed by atoms with Crippen molar-refractivity contribution in [2.45, 2.75) is 38.8 Å². The summed E-state index contributed by atoms with van der Waals surface area (Å²) in [7, 11) is 0. The number of hydrogen-bond acceptors (Lipinski definition) is 3. The molecule has 82 valence electrons. The fraction of sp³-hybridized carbons (Fsp3) is 0.583. The molecule has 0 amide bonds. The van der Waals surface area contributed by atoms with Crippen LogP contribution in [0.1, 0.15) is 38.3 Å². The van der Waals surface area contributed by atoms with Crippen molar-refractivity contribution >= 4 is 5.82 Å². The first-order valence-electron chi connectivity index (χ1n) is 5.66. The minimum absolute atomic E-state index is 0.0718. The lowest BCUT2D eigenvalue weighted by Gasteiger charge is -2.22. The van der Waals surface area contributed by atoms with E-state index in [1.54, 1.807) is 0 Å². The summed E-state index contributed by atoms with van der Waals surface area (Å²) in [5, 5.41) is 0. The van der Waals surface area contributed by atoms with E-state index < -0.39 is 0 Å². The predicted octanol–water partition coefficient (Wildman–Crippen LogP) is 2.09. The summed E-state index contributed by atoms with van der Waals surface area (Å²) in [5.74, 6) is 1.09. The molecule has 2 heterocycles. The van der Waals surface area contributed by atoms with Gasteiger partial charge in [0.1, 0.15) is 5.82 Å². The molecule has 2 rings (SSSR count). The average molecular weight is 205 g/mol. The molecule has 1 aliphatic rings. The maximum atomic E-state index is 5.79. The van der Waals surface area contributed by atoms with Gasteiger partial charge in [0.25, 0.3) is 0 Å². The number of hydrogen-bond donors (Lipinski definition) is 1. The minimum atomic E-state index is 0.0718. The Morgan fingerprint density at radius 3 is 2.80 bits per heavy atom. The summed E-state index contributed by atoms with van der Waals surface area (Å²) in [5.41, 5.74) is 6.89. The number of anilines is 1. The number of aromatic nitrogens is 1. The smallest absolute Gasteiger partial charge is 0.128 e. The van der Waals surface area contributed by atoms with Crippen LogP contribution >= 0.6 is 0 Å². The van der Waals surface area contributed by atoms with Gasteiger partial charge < -0.3 is 10.6 Å². The van der Waals surface area contributed by atoms with Gasteiger partial charge in [-0.25, -0.2) is 4.98 Å². The van der Waals surface area contributed by atoms with Crippen LogP contribution in [-0.2, 0) is 0 Å². The molecule has 0 spiro atoms. The molecule has 2 N–H and O–H groups in total. The standard InChI is InChI=1S/C12H19N3/c1-9-4-3-7-15(9)12-6-5-11(8-14-12)10(2)13/h5-6,8-10H,3-4,7,13H2,1-2H3/t9?,10-/m1/s1. The summed E-state index contributed by atoms with van der Waals surface area (Å²) in [4.78, 5) is 6.84. The van der Waals surface area contributed by atoms with Gasteiger partial charge in [0.05, 0.1) is 0 Å². The Morgan fingerprint density at radius 2 is 2.33 bits per heavy atom. The SMILES string of the molecule is CC1CCCN1c1ccc([C@@H](C)N)cn1. The first-order chi connectivity index (χ1) is 7.18. The van der Waals surface area contributed by atoms with Gasteiger partial charge in [-0.05, 0) is 38.3 Å². The Morgan fingerprint density at radius 1 is 1.53 bits per heavy atom. The Labute approximate surface area is 91.3 Å². The molecular weight excluding hydrogens is 186 g/mol. The van der Waals surface area contributed by atoms with Crippen molar-refractivity contribution < 1.29 is 0 Å². The third-order valence-corrected chi connectivity index (χ3v) is 3.14. The van der Waals surface area contributed by atoms with Crippen LogP contribution in [0.3, 0.4) is 0 Å². The second kappa shape index (κ2) is 4.19. The van der Waals surface area contributed by atoms with Gasteiger partial charge in [-0.1, -0.05) is 6.07 Å². The average Bonchev–Trinajstić information content (AvgIpc) is 2.65. The molecule has 0 bridgehead atoms. The monoisotopic (exact) mass is 205 g/mol. The van der Waals surface area contributed by atoms with Crippen LogP contribution in [-0.4, -0.2) is 17.6 Å². The molecule has 15 heavy (non-hydrogen) atoms. The summed E-state index contributed by atoms with van der Waals surface area (Å²) < 4.78 is 0. The van der Waals surface area contributed by atoms with Gasteiger partial charge in [-0.15, -0.1) is 0 Å². The van der Waals surface area contributed by atoms with Crippen molar-refractivity contribution in [3.8, 4) is 0 Å². The second-order valence-corrected chi connectivity index (χ2v) is 4.42. The van der Waals surface area contributed by atoms with Crippen LogP contribution in [0, 0.1) is 0 Å². The lowest BCUT2D eigenvalue weighted by molar-refractivity contribution is 0.725. The lowest BCUT2D eigenvalue weighted by Crippen LogP contribution is -2.27. The van der Waals surface area contributed by atoms with E-state index in [9.17, 15) is 0 Å². The summed E-state index contributed by atoms with van der Waals surface area (Å²) in [6, 6.07) is 4.86. The van der Waals surface area contributed by atoms with Crippen molar-refractivity contribution in [2.24, 2.45) is 5.73 Å². The molecule has 0 saturated carbocycles. The topological polar surface area (TPSA) is 42.1 Å². The zero-order valence-corrected chi connectivity index (χ0v) is 9.48. The molecule has 0 aliphatic carbocycles. The maximum absolute atomic E-state index is 5.79. The van der Waals surface area contributed by atoms with Crippen LogP contribution < -0.4 is 10.6 Å². The zero-order valence-electron chi connectivity index (χ0n) is 9.48. The first-order valence-corrected chi connectivity index (χ1v) is 5.66. The minimum Gasteiger partial charge on any atom is -0.354 e. The highest BCUT2D eigenvalue weighted by atomic mass is 15.2. The largest absolute Gasteiger partial charge is 0.354 e. The lowest BCUT2D eigenvalue weighted by atomic mass is 10.1. The Kier molecular flexibility index (Phi) is 2.91. The Balaban J connectivity index is 2.16. The number of pyridine rings is 1. The van der Waals surface area contributed by atoms with Gasteiger partial charge in [0.15, 0.2) is 0 Å². The fourth-order valence-electron chi connectivity index (χ4n) is 2.11. The van der Waals surface area contributed by atoms with Crippen LogP contribution in [0.2, 0.25) is 0 Å². The summed E-state index contributed by atoms with van der Waals surface area (Å²) >= 11 is 0. The van der Waals surface area contributed by atoms with E-state index in [4.69, 9.17) is 5.73 Å². The summed E-state index contributed by atoms with van der Waals surface area (Å²) in [6.45, 7) is 5.37. The summed E-state index contributed by atoms with van der Waals surface area (Å²) in [6.07, 6.45) is 4.44. The highest BCUT2D eigenvalue weighted by molar-refractivity contribution is 5.41. The number of rotatable bonds is 2. The van der Waals surface area contributed by atoms with Gasteiger partial charge in [0.2, 0.25) is 0 Å². The Bertz CT molecular complexity index is 318. The Hall–Kier alpha value is -1.09. The third-order valence-electron chi connectivity index (χ3n) is 3.14.